The van der Waals surface area contributed by atoms with E-state index in [4.69, 9.17) is 5.73 Å². The fourth-order valence-electron chi connectivity index (χ4n) is 3.07. The fraction of sp³-hybridized carbons (Fsp3) is 0.533. The van der Waals surface area contributed by atoms with Crippen LogP contribution < -0.4 is 5.73 Å². The van der Waals surface area contributed by atoms with Crippen LogP contribution in [0.4, 0.5) is 0 Å². The number of hydrogen-bond acceptors (Lipinski definition) is 3. The van der Waals surface area contributed by atoms with Crippen LogP contribution in [0.25, 0.3) is 0 Å². The highest BCUT2D eigenvalue weighted by molar-refractivity contribution is 5.78. The molecule has 1 aromatic carbocycles. The molecule has 4 nitrogen and oxygen atoms in total. The molecule has 104 valence electrons. The van der Waals surface area contributed by atoms with Crippen LogP contribution in [0, 0.1) is 0 Å². The van der Waals surface area contributed by atoms with E-state index in [9.17, 15) is 9.90 Å². The van der Waals surface area contributed by atoms with Crippen molar-refractivity contribution in [2.24, 2.45) is 5.73 Å². The summed E-state index contributed by atoms with van der Waals surface area (Å²) in [7, 11) is 4.11. The Bertz CT molecular complexity index is 448. The number of aliphatic carboxylic acids is 1. The van der Waals surface area contributed by atoms with E-state index in [-0.39, 0.29) is 5.54 Å². The van der Waals surface area contributed by atoms with E-state index in [1.54, 1.807) is 0 Å². The lowest BCUT2D eigenvalue weighted by molar-refractivity contribution is -0.145. The minimum absolute atomic E-state index is 0.0976. The van der Waals surface area contributed by atoms with Crippen LogP contribution in [0.5, 0.6) is 0 Å². The second-order valence-electron chi connectivity index (χ2n) is 5.75. The van der Waals surface area contributed by atoms with Crippen LogP contribution in [0.15, 0.2) is 30.3 Å². The first-order valence-corrected chi connectivity index (χ1v) is 6.66. The van der Waals surface area contributed by atoms with Crippen molar-refractivity contribution in [1.82, 2.24) is 4.90 Å². The van der Waals surface area contributed by atoms with Gasteiger partial charge in [0.05, 0.1) is 0 Å². The van der Waals surface area contributed by atoms with Crippen molar-refractivity contribution in [3.05, 3.63) is 35.9 Å². The van der Waals surface area contributed by atoms with Crippen LogP contribution in [0.1, 0.15) is 31.2 Å². The molecule has 0 aromatic heterocycles. The highest BCUT2D eigenvalue weighted by atomic mass is 16.4. The molecule has 0 atom stereocenters. The number of carbonyl (C=O) groups is 1. The summed E-state index contributed by atoms with van der Waals surface area (Å²) in [5.74, 6) is -0.882. The third-order valence-electron chi connectivity index (χ3n) is 4.56. The smallest absolute Gasteiger partial charge is 0.323 e. The summed E-state index contributed by atoms with van der Waals surface area (Å²) in [6.45, 7) is 0. The van der Waals surface area contributed by atoms with Gasteiger partial charge in [0.1, 0.15) is 5.54 Å². The van der Waals surface area contributed by atoms with Gasteiger partial charge in [-0.3, -0.25) is 9.69 Å². The van der Waals surface area contributed by atoms with Gasteiger partial charge in [-0.05, 0) is 45.3 Å². The Kier molecular flexibility index (Phi) is 3.65. The van der Waals surface area contributed by atoms with Gasteiger partial charge in [0.15, 0.2) is 0 Å². The van der Waals surface area contributed by atoms with Gasteiger partial charge in [-0.1, -0.05) is 30.3 Å². The molecule has 3 N–H and O–H groups in total. The summed E-state index contributed by atoms with van der Waals surface area (Å²) < 4.78 is 0. The molecule has 4 heteroatoms. The van der Waals surface area contributed by atoms with Gasteiger partial charge in [0.25, 0.3) is 0 Å². The number of hydrogen-bond donors (Lipinski definition) is 2. The molecular weight excluding hydrogens is 240 g/mol. The van der Waals surface area contributed by atoms with Gasteiger partial charge < -0.3 is 10.8 Å². The molecular formula is C15H22N2O2. The average Bonchev–Trinajstić information content (AvgIpc) is 2.40. The van der Waals surface area contributed by atoms with Gasteiger partial charge in [-0.15, -0.1) is 0 Å². The van der Waals surface area contributed by atoms with Gasteiger partial charge in [-0.2, -0.15) is 0 Å². The Labute approximate surface area is 114 Å². The summed E-state index contributed by atoms with van der Waals surface area (Å²) in [6, 6.07) is 10.3. The molecule has 0 aliphatic heterocycles. The molecule has 2 rings (SSSR count). The zero-order valence-corrected chi connectivity index (χ0v) is 11.6. The predicted molar refractivity (Wildman–Crippen MR) is 74.8 cm³/mol. The van der Waals surface area contributed by atoms with Crippen molar-refractivity contribution in [3.63, 3.8) is 0 Å². The molecule has 0 heterocycles. The molecule has 0 spiro atoms. The number of rotatable bonds is 3. The minimum Gasteiger partial charge on any atom is -0.480 e. The van der Waals surface area contributed by atoms with Crippen LogP contribution in [-0.4, -0.2) is 35.6 Å². The number of carboxylic acid groups (broad SMARTS) is 1. The molecule has 0 radical (unpaired) electrons. The second-order valence-corrected chi connectivity index (χ2v) is 5.75. The number of nitrogens with zero attached hydrogens (tertiary/aromatic N) is 1. The maximum Gasteiger partial charge on any atom is 0.323 e. The number of benzene rings is 1. The molecule has 0 unspecified atom stereocenters. The summed E-state index contributed by atoms with van der Waals surface area (Å²) >= 11 is 0. The van der Waals surface area contributed by atoms with Crippen molar-refractivity contribution < 1.29 is 9.90 Å². The highest BCUT2D eigenvalue weighted by Crippen LogP contribution is 2.43. The summed E-state index contributed by atoms with van der Waals surface area (Å²) in [5.41, 5.74) is 6.07. The largest absolute Gasteiger partial charge is 0.480 e. The van der Waals surface area contributed by atoms with Crippen molar-refractivity contribution in [1.29, 1.82) is 0 Å². The SMILES string of the molecule is CN(C)C1(c2ccccc2)CCC(N)(C(=O)O)CC1. The maximum absolute atomic E-state index is 11.3. The van der Waals surface area contributed by atoms with E-state index in [1.165, 1.54) is 5.56 Å². The first kappa shape index (κ1) is 14.0. The lowest BCUT2D eigenvalue weighted by Crippen LogP contribution is -2.56. The van der Waals surface area contributed by atoms with E-state index in [1.807, 2.05) is 18.2 Å². The maximum atomic E-state index is 11.3. The topological polar surface area (TPSA) is 66.6 Å². The molecule has 0 amide bonds. The number of carboxylic acids is 1. The van der Waals surface area contributed by atoms with E-state index in [0.717, 1.165) is 12.8 Å². The van der Waals surface area contributed by atoms with Crippen LogP contribution in [0.3, 0.4) is 0 Å². The summed E-state index contributed by atoms with van der Waals surface area (Å²) in [6.07, 6.45) is 2.56. The van der Waals surface area contributed by atoms with E-state index in [0.29, 0.717) is 12.8 Å². The molecule has 1 saturated carbocycles. The van der Waals surface area contributed by atoms with Crippen molar-refractivity contribution >= 4 is 5.97 Å². The third-order valence-corrected chi connectivity index (χ3v) is 4.56. The first-order chi connectivity index (χ1) is 8.91. The highest BCUT2D eigenvalue weighted by Gasteiger charge is 2.46. The van der Waals surface area contributed by atoms with Crippen LogP contribution >= 0.6 is 0 Å². The normalized spacial score (nSPS) is 31.4. The second kappa shape index (κ2) is 4.94. The van der Waals surface area contributed by atoms with Gasteiger partial charge in [-0.25, -0.2) is 0 Å². The average molecular weight is 262 g/mol. The predicted octanol–water partition coefficient (Wildman–Crippen LogP) is 1.80. The van der Waals surface area contributed by atoms with E-state index in [2.05, 4.69) is 31.1 Å². The molecule has 0 saturated heterocycles. The Morgan fingerprint density at radius 3 is 2.11 bits per heavy atom. The lowest BCUT2D eigenvalue weighted by atomic mass is 9.69. The van der Waals surface area contributed by atoms with Crippen molar-refractivity contribution in [3.8, 4) is 0 Å². The Balaban J connectivity index is 2.29. The third kappa shape index (κ3) is 2.38. The van der Waals surface area contributed by atoms with Crippen LogP contribution in [0.2, 0.25) is 0 Å². The summed E-state index contributed by atoms with van der Waals surface area (Å²) in [4.78, 5) is 13.5. The first-order valence-electron chi connectivity index (χ1n) is 6.66. The Morgan fingerprint density at radius 1 is 1.16 bits per heavy atom. The van der Waals surface area contributed by atoms with E-state index < -0.39 is 11.5 Å². The Morgan fingerprint density at radius 2 is 1.68 bits per heavy atom. The number of nitrogens with two attached hydrogens (primary N) is 1. The molecule has 1 fully saturated rings. The van der Waals surface area contributed by atoms with E-state index >= 15 is 0 Å². The molecule has 19 heavy (non-hydrogen) atoms. The Hall–Kier alpha value is -1.39. The van der Waals surface area contributed by atoms with Gasteiger partial charge >= 0.3 is 5.97 Å². The zero-order valence-electron chi connectivity index (χ0n) is 11.6. The zero-order chi connectivity index (χ0) is 14.1. The minimum atomic E-state index is -1.06. The van der Waals surface area contributed by atoms with Gasteiger partial charge in [0, 0.05) is 5.54 Å². The van der Waals surface area contributed by atoms with Crippen molar-refractivity contribution in [2.75, 3.05) is 14.1 Å². The quantitative estimate of drug-likeness (QED) is 0.871. The standard InChI is InChI=1S/C15H22N2O2/c1-17(2)15(12-6-4-3-5-7-12)10-8-14(16,9-11-15)13(18)19/h3-7H,8-11,16H2,1-2H3,(H,18,19). The van der Waals surface area contributed by atoms with Gasteiger partial charge in [0.2, 0.25) is 0 Å². The van der Waals surface area contributed by atoms with Crippen molar-refractivity contribution in [2.45, 2.75) is 36.8 Å². The molecule has 1 aromatic rings. The monoisotopic (exact) mass is 262 g/mol. The fourth-order valence-corrected chi connectivity index (χ4v) is 3.07. The molecule has 1 aliphatic carbocycles. The lowest BCUT2D eigenvalue weighted by Gasteiger charge is -2.47. The van der Waals surface area contributed by atoms with Crippen LogP contribution in [-0.2, 0) is 10.3 Å². The molecule has 0 bridgehead atoms. The summed E-state index contributed by atoms with van der Waals surface area (Å²) in [5, 5.41) is 9.24. The molecule has 1 aliphatic rings.